The topological polar surface area (TPSA) is 82.3 Å². The van der Waals surface area contributed by atoms with Gasteiger partial charge in [0.1, 0.15) is 10.8 Å². The Bertz CT molecular complexity index is 996. The highest BCUT2D eigenvalue weighted by Gasteiger charge is 2.18. The number of carbonyl (C=O) groups excluding carboxylic acids is 2. The van der Waals surface area contributed by atoms with Gasteiger partial charge in [-0.3, -0.25) is 4.79 Å². The minimum atomic E-state index is -0.576. The molecule has 0 unspecified atom stereocenters. The lowest BCUT2D eigenvalue weighted by atomic mass is 10.1. The summed E-state index contributed by atoms with van der Waals surface area (Å²) in [6.07, 6.45) is 3.58. The maximum Gasteiger partial charge on any atom is 0.341 e. The van der Waals surface area contributed by atoms with Crippen molar-refractivity contribution in [2.24, 2.45) is 0 Å². The fourth-order valence-corrected chi connectivity index (χ4v) is 4.12. The van der Waals surface area contributed by atoms with Crippen LogP contribution in [-0.4, -0.2) is 34.8 Å². The van der Waals surface area contributed by atoms with Crippen LogP contribution in [0.25, 0.3) is 0 Å². The zero-order valence-corrected chi connectivity index (χ0v) is 17.9. The summed E-state index contributed by atoms with van der Waals surface area (Å²) in [5.74, 6) is 0.487. The molecular formula is C21H20N2O4S2. The quantitative estimate of drug-likeness (QED) is 0.289. The second-order valence-corrected chi connectivity index (χ2v) is 8.02. The minimum Gasteiger partial charge on any atom is -0.454 e. The van der Waals surface area contributed by atoms with Crippen LogP contribution in [0.3, 0.4) is 0 Å². The second kappa shape index (κ2) is 9.76. The molecule has 2 aromatic heterocycles. The van der Waals surface area contributed by atoms with Gasteiger partial charge in [0.05, 0.1) is 11.3 Å². The summed E-state index contributed by atoms with van der Waals surface area (Å²) < 4.78 is 10.4. The number of ketones is 1. The molecule has 29 heavy (non-hydrogen) atoms. The summed E-state index contributed by atoms with van der Waals surface area (Å²) in [6.45, 7) is 3.40. The fraction of sp³-hybridized carbons (Fsp3) is 0.238. The average molecular weight is 429 g/mol. The molecule has 0 bridgehead atoms. The minimum absolute atomic E-state index is 0.250. The van der Waals surface area contributed by atoms with Crippen LogP contribution in [-0.2, 0) is 10.5 Å². The number of esters is 1. The van der Waals surface area contributed by atoms with Crippen LogP contribution >= 0.6 is 23.5 Å². The first kappa shape index (κ1) is 21.1. The number of nitrogens with zero attached hydrogens (tertiary/aromatic N) is 2. The van der Waals surface area contributed by atoms with Crippen molar-refractivity contribution in [3.8, 4) is 0 Å². The number of hydrogen-bond acceptors (Lipinski definition) is 8. The Hall–Kier alpha value is -2.58. The highest BCUT2D eigenvalue weighted by molar-refractivity contribution is 7.98. The molecule has 0 spiro atoms. The van der Waals surface area contributed by atoms with Crippen LogP contribution in [0.15, 0.2) is 57.0 Å². The van der Waals surface area contributed by atoms with Crippen molar-refractivity contribution in [2.45, 2.75) is 29.5 Å². The molecular weight excluding hydrogens is 408 g/mol. The summed E-state index contributed by atoms with van der Waals surface area (Å²) in [7, 11) is 0. The van der Waals surface area contributed by atoms with E-state index in [1.807, 2.05) is 32.2 Å². The van der Waals surface area contributed by atoms with Gasteiger partial charge in [-0.15, -0.1) is 23.5 Å². The van der Waals surface area contributed by atoms with E-state index < -0.39 is 5.97 Å². The predicted molar refractivity (Wildman–Crippen MR) is 113 cm³/mol. The summed E-state index contributed by atoms with van der Waals surface area (Å²) in [6, 6.07) is 10.5. The van der Waals surface area contributed by atoms with Gasteiger partial charge >= 0.3 is 5.97 Å². The van der Waals surface area contributed by atoms with Gasteiger partial charge in [-0.2, -0.15) is 0 Å². The molecule has 0 radical (unpaired) electrons. The zero-order valence-electron chi connectivity index (χ0n) is 16.3. The molecule has 8 heteroatoms. The summed E-state index contributed by atoms with van der Waals surface area (Å²) in [5.41, 5.74) is 2.63. The lowest BCUT2D eigenvalue weighted by molar-refractivity contribution is 0.0470. The maximum atomic E-state index is 12.5. The molecule has 0 aliphatic rings. The number of pyridine rings is 1. The zero-order chi connectivity index (χ0) is 20.8. The molecule has 0 aliphatic carbocycles. The number of Topliss-reactive ketones (excluding diaryl/α,β-unsaturated/α-hetero) is 1. The first-order valence-corrected chi connectivity index (χ1v) is 11.0. The standard InChI is InChI=1S/C21H20N2O4S2/c1-13-18(14(2)27-23-13)12-29-20-17(5-4-10-22-20)21(25)26-11-19(24)15-6-8-16(28-3)9-7-15/h4-10H,11-12H2,1-3H3. The number of hydrogen-bond donors (Lipinski definition) is 0. The van der Waals surface area contributed by atoms with Crippen LogP contribution < -0.4 is 0 Å². The first-order chi connectivity index (χ1) is 14.0. The number of rotatable bonds is 8. The summed E-state index contributed by atoms with van der Waals surface area (Å²) >= 11 is 2.99. The van der Waals surface area contributed by atoms with E-state index in [2.05, 4.69) is 10.1 Å². The Kier molecular flexibility index (Phi) is 7.11. The Morgan fingerprint density at radius 2 is 1.90 bits per heavy atom. The van der Waals surface area contributed by atoms with Crippen LogP contribution in [0, 0.1) is 13.8 Å². The Morgan fingerprint density at radius 1 is 1.14 bits per heavy atom. The van der Waals surface area contributed by atoms with Crippen molar-refractivity contribution in [1.29, 1.82) is 0 Å². The second-order valence-electron chi connectivity index (χ2n) is 6.18. The largest absolute Gasteiger partial charge is 0.454 e. The number of aromatic nitrogens is 2. The van der Waals surface area contributed by atoms with Crippen LogP contribution in [0.1, 0.15) is 37.7 Å². The normalized spacial score (nSPS) is 10.7. The fourth-order valence-electron chi connectivity index (χ4n) is 2.58. The number of benzene rings is 1. The SMILES string of the molecule is CSc1ccc(C(=O)COC(=O)c2cccnc2SCc2c(C)noc2C)cc1. The molecule has 6 nitrogen and oxygen atoms in total. The molecule has 0 saturated heterocycles. The van der Waals surface area contributed by atoms with Crippen LogP contribution in [0.5, 0.6) is 0 Å². The molecule has 0 N–H and O–H groups in total. The monoisotopic (exact) mass is 428 g/mol. The summed E-state index contributed by atoms with van der Waals surface area (Å²) in [5, 5.41) is 4.47. The van der Waals surface area contributed by atoms with Gasteiger partial charge in [-0.05, 0) is 44.4 Å². The molecule has 0 atom stereocenters. The maximum absolute atomic E-state index is 12.5. The Balaban J connectivity index is 1.64. The van der Waals surface area contributed by atoms with Crippen molar-refractivity contribution in [3.05, 3.63) is 70.7 Å². The molecule has 1 aromatic carbocycles. The molecule has 150 valence electrons. The molecule has 0 fully saturated rings. The van der Waals surface area contributed by atoms with E-state index in [0.29, 0.717) is 21.9 Å². The van der Waals surface area contributed by atoms with Gasteiger partial charge in [0.15, 0.2) is 12.4 Å². The highest BCUT2D eigenvalue weighted by Crippen LogP contribution is 2.27. The highest BCUT2D eigenvalue weighted by atomic mass is 32.2. The molecule has 3 rings (SSSR count). The van der Waals surface area contributed by atoms with E-state index in [0.717, 1.165) is 21.9 Å². The van der Waals surface area contributed by atoms with Gasteiger partial charge in [0.25, 0.3) is 0 Å². The first-order valence-electron chi connectivity index (χ1n) is 8.83. The third kappa shape index (κ3) is 5.27. The van der Waals surface area contributed by atoms with Gasteiger partial charge < -0.3 is 9.26 Å². The van der Waals surface area contributed by atoms with E-state index >= 15 is 0 Å². The lowest BCUT2D eigenvalue weighted by Crippen LogP contribution is -2.15. The van der Waals surface area contributed by atoms with E-state index in [1.54, 1.807) is 42.2 Å². The van der Waals surface area contributed by atoms with Crippen molar-refractivity contribution < 1.29 is 18.8 Å². The third-order valence-corrected chi connectivity index (χ3v) is 6.05. The molecule has 0 saturated carbocycles. The van der Waals surface area contributed by atoms with Crippen molar-refractivity contribution >= 4 is 35.3 Å². The van der Waals surface area contributed by atoms with Gasteiger partial charge in [-0.25, -0.2) is 9.78 Å². The van der Waals surface area contributed by atoms with E-state index in [-0.39, 0.29) is 12.4 Å². The molecule has 0 amide bonds. The molecule has 2 heterocycles. The van der Waals surface area contributed by atoms with Crippen molar-refractivity contribution in [1.82, 2.24) is 10.1 Å². The van der Waals surface area contributed by atoms with Gasteiger partial charge in [0.2, 0.25) is 0 Å². The van der Waals surface area contributed by atoms with Crippen molar-refractivity contribution in [2.75, 3.05) is 12.9 Å². The third-order valence-electron chi connectivity index (χ3n) is 4.27. The number of thioether (sulfide) groups is 2. The average Bonchev–Trinajstić information content (AvgIpc) is 3.07. The molecule has 3 aromatic rings. The van der Waals surface area contributed by atoms with Crippen molar-refractivity contribution in [3.63, 3.8) is 0 Å². The van der Waals surface area contributed by atoms with Crippen LogP contribution in [0.2, 0.25) is 0 Å². The van der Waals surface area contributed by atoms with E-state index in [9.17, 15) is 9.59 Å². The molecule has 0 aliphatic heterocycles. The van der Waals surface area contributed by atoms with Gasteiger partial charge in [0, 0.05) is 28.0 Å². The van der Waals surface area contributed by atoms with Gasteiger partial charge in [-0.1, -0.05) is 17.3 Å². The number of carbonyl (C=O) groups is 2. The lowest BCUT2D eigenvalue weighted by Gasteiger charge is -2.08. The number of aryl methyl sites for hydroxylation is 2. The predicted octanol–water partition coefficient (Wildman–Crippen LogP) is 4.74. The Labute approximate surface area is 177 Å². The number of ether oxygens (including phenoxy) is 1. The summed E-state index contributed by atoms with van der Waals surface area (Å²) in [4.78, 5) is 30.2. The van der Waals surface area contributed by atoms with E-state index in [4.69, 9.17) is 9.26 Å². The van der Waals surface area contributed by atoms with Crippen LogP contribution in [0.4, 0.5) is 0 Å². The Morgan fingerprint density at radius 3 is 2.55 bits per heavy atom. The van der Waals surface area contributed by atoms with E-state index in [1.165, 1.54) is 11.8 Å². The smallest absolute Gasteiger partial charge is 0.341 e.